The third-order valence-electron chi connectivity index (χ3n) is 1.73. The van der Waals surface area contributed by atoms with E-state index in [9.17, 15) is 0 Å². The fourth-order valence-corrected chi connectivity index (χ4v) is 1.15. The second-order valence-corrected chi connectivity index (χ2v) is 2.49. The van der Waals surface area contributed by atoms with Crippen LogP contribution in [0.5, 0.6) is 0 Å². The Morgan fingerprint density at radius 1 is 1.64 bits per heavy atom. The fourth-order valence-electron chi connectivity index (χ4n) is 1.15. The van der Waals surface area contributed by atoms with Crippen molar-refractivity contribution in [3.63, 3.8) is 0 Å². The molecule has 0 aromatic heterocycles. The lowest BCUT2D eigenvalue weighted by molar-refractivity contribution is -0.101. The highest BCUT2D eigenvalue weighted by molar-refractivity contribution is 4.75. The third-order valence-corrected chi connectivity index (χ3v) is 1.73. The zero-order chi connectivity index (χ0) is 8.10. The van der Waals surface area contributed by atoms with Crippen LogP contribution in [0.1, 0.15) is 6.42 Å². The lowest BCUT2D eigenvalue weighted by Crippen LogP contribution is -2.28. The molecule has 11 heavy (non-hydrogen) atoms. The van der Waals surface area contributed by atoms with E-state index in [-0.39, 0.29) is 25.6 Å². The van der Waals surface area contributed by atoms with Gasteiger partial charge in [-0.05, 0) is 6.42 Å². The molecule has 66 valence electrons. The van der Waals surface area contributed by atoms with Gasteiger partial charge < -0.3 is 19.3 Å². The molecule has 0 aliphatic carbocycles. The van der Waals surface area contributed by atoms with Crippen LogP contribution in [0.2, 0.25) is 0 Å². The smallest absolute Gasteiger partial charge is 0.146 e. The largest absolute Gasteiger partial charge is 0.394 e. The van der Waals surface area contributed by atoms with E-state index in [1.165, 1.54) is 0 Å². The summed E-state index contributed by atoms with van der Waals surface area (Å²) in [4.78, 5) is 0. The van der Waals surface area contributed by atoms with Crippen molar-refractivity contribution in [2.45, 2.75) is 18.6 Å². The van der Waals surface area contributed by atoms with E-state index >= 15 is 0 Å². The molecule has 0 bridgehead atoms. The van der Waals surface area contributed by atoms with Crippen molar-refractivity contribution in [1.82, 2.24) is 0 Å². The van der Waals surface area contributed by atoms with Crippen molar-refractivity contribution in [2.24, 2.45) is 0 Å². The van der Waals surface area contributed by atoms with Crippen LogP contribution in [0, 0.1) is 0 Å². The van der Waals surface area contributed by atoms with Gasteiger partial charge in [-0.25, -0.2) is 0 Å². The molecule has 1 heterocycles. The summed E-state index contributed by atoms with van der Waals surface area (Å²) in [5.74, 6) is 0. The molecule has 0 saturated carbocycles. The van der Waals surface area contributed by atoms with E-state index in [0.717, 1.165) is 6.42 Å². The molecule has 4 heteroatoms. The van der Waals surface area contributed by atoms with E-state index in [0.29, 0.717) is 6.61 Å². The first-order chi connectivity index (χ1) is 5.38. The van der Waals surface area contributed by atoms with Crippen LogP contribution in [0.4, 0.5) is 0 Å². The average molecular weight is 162 g/mol. The van der Waals surface area contributed by atoms with E-state index < -0.39 is 0 Å². The molecule has 0 amide bonds. The number of hydrogen-bond acceptors (Lipinski definition) is 4. The number of rotatable bonds is 4. The van der Waals surface area contributed by atoms with Gasteiger partial charge in [-0.1, -0.05) is 0 Å². The summed E-state index contributed by atoms with van der Waals surface area (Å²) in [5, 5.41) is 8.79. The lowest BCUT2D eigenvalue weighted by Gasteiger charge is -2.15. The summed E-state index contributed by atoms with van der Waals surface area (Å²) in [7, 11) is 1.57. The minimum Gasteiger partial charge on any atom is -0.394 e. The molecule has 0 unspecified atom stereocenters. The van der Waals surface area contributed by atoms with Crippen LogP contribution in [0.25, 0.3) is 0 Å². The molecule has 2 atom stereocenters. The number of methoxy groups -OCH3 is 1. The molecule has 0 spiro atoms. The normalized spacial score (nSPS) is 31.1. The molecular weight excluding hydrogens is 148 g/mol. The van der Waals surface area contributed by atoms with Gasteiger partial charge in [-0.2, -0.15) is 0 Å². The molecule has 1 rings (SSSR count). The van der Waals surface area contributed by atoms with E-state index in [4.69, 9.17) is 19.3 Å². The molecule has 1 aliphatic rings. The zero-order valence-electron chi connectivity index (χ0n) is 6.66. The molecule has 1 fully saturated rings. The minimum atomic E-state index is -0.162. The number of hydrogen-bond donors (Lipinski definition) is 1. The van der Waals surface area contributed by atoms with Crippen molar-refractivity contribution < 1.29 is 19.3 Å². The molecule has 1 aliphatic heterocycles. The average Bonchev–Trinajstić information content (AvgIpc) is 2.47. The summed E-state index contributed by atoms with van der Waals surface area (Å²) in [5.41, 5.74) is 0. The Morgan fingerprint density at radius 2 is 2.45 bits per heavy atom. The summed E-state index contributed by atoms with van der Waals surface area (Å²) in [6.45, 7) is 0.957. The van der Waals surface area contributed by atoms with Crippen LogP contribution in [-0.4, -0.2) is 44.4 Å². The summed E-state index contributed by atoms with van der Waals surface area (Å²) in [6, 6.07) is 0. The predicted molar refractivity (Wildman–Crippen MR) is 38.2 cm³/mol. The molecule has 1 N–H and O–H groups in total. The van der Waals surface area contributed by atoms with Crippen molar-refractivity contribution in [3.05, 3.63) is 0 Å². The number of ether oxygens (including phenoxy) is 3. The van der Waals surface area contributed by atoms with Crippen LogP contribution in [-0.2, 0) is 14.2 Å². The van der Waals surface area contributed by atoms with Crippen molar-refractivity contribution in [3.8, 4) is 0 Å². The summed E-state index contributed by atoms with van der Waals surface area (Å²) >= 11 is 0. The second kappa shape index (κ2) is 4.66. The Kier molecular flexibility index (Phi) is 3.79. The highest BCUT2D eigenvalue weighted by Gasteiger charge is 2.27. The van der Waals surface area contributed by atoms with Gasteiger partial charge in [0.2, 0.25) is 0 Å². The molecule has 1 saturated heterocycles. The van der Waals surface area contributed by atoms with E-state index in [1.54, 1.807) is 7.11 Å². The molecule has 0 aromatic carbocycles. The fraction of sp³-hybridized carbons (Fsp3) is 1.00. The van der Waals surface area contributed by atoms with Gasteiger partial charge in [0.05, 0.1) is 12.7 Å². The summed E-state index contributed by atoms with van der Waals surface area (Å²) in [6.07, 6.45) is 0.680. The van der Waals surface area contributed by atoms with Gasteiger partial charge in [-0.15, -0.1) is 0 Å². The first kappa shape index (κ1) is 8.93. The van der Waals surface area contributed by atoms with E-state index in [1.807, 2.05) is 0 Å². The van der Waals surface area contributed by atoms with Crippen molar-refractivity contribution in [2.75, 3.05) is 27.1 Å². The van der Waals surface area contributed by atoms with Crippen LogP contribution < -0.4 is 0 Å². The maximum Gasteiger partial charge on any atom is 0.146 e. The maximum absolute atomic E-state index is 8.79. The maximum atomic E-state index is 8.79. The highest BCUT2D eigenvalue weighted by atomic mass is 16.7. The van der Waals surface area contributed by atoms with Crippen LogP contribution >= 0.6 is 0 Å². The molecule has 4 nitrogen and oxygen atoms in total. The number of aliphatic hydroxyl groups is 1. The Balaban J connectivity index is 2.20. The van der Waals surface area contributed by atoms with Gasteiger partial charge in [0.15, 0.2) is 0 Å². The Hall–Kier alpha value is -0.160. The standard InChI is InChI=1S/C7H14O4/c1-9-5-11-6-2-3-10-7(6)4-8/h6-8H,2-5H2,1H3/t6-,7+/m0/s1. The first-order valence-corrected chi connectivity index (χ1v) is 3.71. The minimum absolute atomic E-state index is 0.0000463. The SMILES string of the molecule is COCO[C@H]1CCO[C@@H]1CO. The Morgan fingerprint density at radius 3 is 3.09 bits per heavy atom. The second-order valence-electron chi connectivity index (χ2n) is 2.49. The van der Waals surface area contributed by atoms with Gasteiger partial charge >= 0.3 is 0 Å². The van der Waals surface area contributed by atoms with Crippen molar-refractivity contribution in [1.29, 1.82) is 0 Å². The van der Waals surface area contributed by atoms with Crippen LogP contribution in [0.15, 0.2) is 0 Å². The van der Waals surface area contributed by atoms with E-state index in [2.05, 4.69) is 0 Å². The predicted octanol–water partition coefficient (Wildman–Crippen LogP) is -0.243. The van der Waals surface area contributed by atoms with Gasteiger partial charge in [0.25, 0.3) is 0 Å². The molecule has 0 radical (unpaired) electrons. The monoisotopic (exact) mass is 162 g/mol. The lowest BCUT2D eigenvalue weighted by atomic mass is 10.2. The first-order valence-electron chi connectivity index (χ1n) is 3.71. The van der Waals surface area contributed by atoms with Crippen molar-refractivity contribution >= 4 is 0 Å². The Bertz CT molecular complexity index is 107. The van der Waals surface area contributed by atoms with Crippen LogP contribution in [0.3, 0.4) is 0 Å². The van der Waals surface area contributed by atoms with Gasteiger partial charge in [0.1, 0.15) is 12.9 Å². The quantitative estimate of drug-likeness (QED) is 0.579. The van der Waals surface area contributed by atoms with Gasteiger partial charge in [0, 0.05) is 13.7 Å². The number of aliphatic hydroxyl groups excluding tert-OH is 1. The topological polar surface area (TPSA) is 47.9 Å². The summed E-state index contributed by atoms with van der Waals surface area (Å²) < 4.78 is 15.2. The van der Waals surface area contributed by atoms with Gasteiger partial charge in [-0.3, -0.25) is 0 Å². The third kappa shape index (κ3) is 2.41. The highest BCUT2D eigenvalue weighted by Crippen LogP contribution is 2.16. The molecule has 0 aromatic rings. The Labute approximate surface area is 66.1 Å². The molecular formula is C7H14O4. The zero-order valence-corrected chi connectivity index (χ0v) is 6.66.